The normalized spacial score (nSPS) is 12.3. The lowest BCUT2D eigenvalue weighted by atomic mass is 10.3. The first-order chi connectivity index (χ1) is 6.31. The topological polar surface area (TPSA) is 3.24 Å². The van der Waals surface area contributed by atoms with Gasteiger partial charge in [-0.1, -0.05) is 44.6 Å². The van der Waals surface area contributed by atoms with Gasteiger partial charge in [-0.05, 0) is 26.4 Å². The molecular weight excluding hydrogens is 158 g/mol. The molecule has 0 aromatic rings. The molecule has 0 saturated carbocycles. The number of hydrogen-bond acceptors (Lipinski definition) is 1. The van der Waals surface area contributed by atoms with Gasteiger partial charge in [0.25, 0.3) is 0 Å². The first-order valence-corrected chi connectivity index (χ1v) is 5.31. The predicted molar refractivity (Wildman–Crippen MR) is 61.0 cm³/mol. The van der Waals surface area contributed by atoms with E-state index in [9.17, 15) is 0 Å². The standard InChI is InChI=1S/C12H23N/c1-4-6-7-8-9-10-12-13(3)11-5-2/h7-10H,4-6,11-12H2,1-3H3. The summed E-state index contributed by atoms with van der Waals surface area (Å²) in [5, 5.41) is 0. The predicted octanol–water partition coefficient (Wildman–Crippen LogP) is 3.24. The van der Waals surface area contributed by atoms with Crippen molar-refractivity contribution < 1.29 is 0 Å². The Labute approximate surface area is 83.1 Å². The summed E-state index contributed by atoms with van der Waals surface area (Å²) in [7, 11) is 2.16. The molecule has 0 N–H and O–H groups in total. The molecule has 0 bridgehead atoms. The third kappa shape index (κ3) is 9.35. The Kier molecular flexibility index (Phi) is 9.12. The number of likely N-dealkylation sites (N-methyl/N-ethyl adjacent to an activating group) is 1. The maximum atomic E-state index is 2.32. The van der Waals surface area contributed by atoms with E-state index >= 15 is 0 Å². The summed E-state index contributed by atoms with van der Waals surface area (Å²) >= 11 is 0. The highest BCUT2D eigenvalue weighted by Crippen LogP contribution is 1.90. The average molecular weight is 181 g/mol. The van der Waals surface area contributed by atoms with Gasteiger partial charge >= 0.3 is 0 Å². The van der Waals surface area contributed by atoms with Gasteiger partial charge in [0.2, 0.25) is 0 Å². The molecule has 0 heterocycles. The zero-order chi connectivity index (χ0) is 9.94. The van der Waals surface area contributed by atoms with Crippen molar-refractivity contribution in [2.24, 2.45) is 0 Å². The van der Waals surface area contributed by atoms with Crippen LogP contribution in [-0.4, -0.2) is 25.0 Å². The summed E-state index contributed by atoms with van der Waals surface area (Å²) in [6, 6.07) is 0. The molecule has 0 spiro atoms. The van der Waals surface area contributed by atoms with Crippen molar-refractivity contribution in [2.45, 2.75) is 33.1 Å². The quantitative estimate of drug-likeness (QED) is 0.545. The van der Waals surface area contributed by atoms with Gasteiger partial charge in [-0.25, -0.2) is 0 Å². The van der Waals surface area contributed by atoms with Crippen LogP contribution in [-0.2, 0) is 0 Å². The largest absolute Gasteiger partial charge is 0.303 e. The van der Waals surface area contributed by atoms with E-state index in [0.717, 1.165) is 6.54 Å². The van der Waals surface area contributed by atoms with E-state index in [-0.39, 0.29) is 0 Å². The Bertz CT molecular complexity index is 147. The summed E-state index contributed by atoms with van der Waals surface area (Å²) < 4.78 is 0. The van der Waals surface area contributed by atoms with Crippen molar-refractivity contribution in [1.29, 1.82) is 0 Å². The van der Waals surface area contributed by atoms with Crippen LogP contribution in [0.15, 0.2) is 24.3 Å². The van der Waals surface area contributed by atoms with Crippen LogP contribution in [0.2, 0.25) is 0 Å². The highest BCUT2D eigenvalue weighted by Gasteiger charge is 1.89. The molecule has 0 amide bonds. The Morgan fingerprint density at radius 1 is 1.00 bits per heavy atom. The van der Waals surface area contributed by atoms with E-state index < -0.39 is 0 Å². The maximum Gasteiger partial charge on any atom is 0.0163 e. The fourth-order valence-corrected chi connectivity index (χ4v) is 1.13. The van der Waals surface area contributed by atoms with Gasteiger partial charge in [-0.15, -0.1) is 0 Å². The summed E-state index contributed by atoms with van der Waals surface area (Å²) in [4.78, 5) is 2.32. The molecule has 0 unspecified atom stereocenters. The number of nitrogens with zero attached hydrogens (tertiary/aromatic N) is 1. The fourth-order valence-electron chi connectivity index (χ4n) is 1.13. The Morgan fingerprint density at radius 3 is 2.31 bits per heavy atom. The van der Waals surface area contributed by atoms with Crippen LogP contribution in [0.5, 0.6) is 0 Å². The molecule has 0 aliphatic rings. The lowest BCUT2D eigenvalue weighted by Crippen LogP contribution is -2.18. The summed E-state index contributed by atoms with van der Waals surface area (Å²) in [5.74, 6) is 0. The van der Waals surface area contributed by atoms with Gasteiger partial charge < -0.3 is 4.90 Å². The van der Waals surface area contributed by atoms with Crippen molar-refractivity contribution in [3.8, 4) is 0 Å². The molecule has 76 valence electrons. The van der Waals surface area contributed by atoms with Gasteiger partial charge in [0.1, 0.15) is 0 Å². The Hall–Kier alpha value is -0.560. The zero-order valence-electron chi connectivity index (χ0n) is 9.29. The zero-order valence-corrected chi connectivity index (χ0v) is 9.29. The molecule has 13 heavy (non-hydrogen) atoms. The molecule has 0 aromatic heterocycles. The van der Waals surface area contributed by atoms with Crippen LogP contribution in [0.3, 0.4) is 0 Å². The molecular formula is C12H23N. The number of allylic oxidation sites excluding steroid dienone is 3. The van der Waals surface area contributed by atoms with Crippen LogP contribution in [0.4, 0.5) is 0 Å². The molecule has 0 rings (SSSR count). The molecule has 0 radical (unpaired) electrons. The monoisotopic (exact) mass is 181 g/mol. The van der Waals surface area contributed by atoms with Gasteiger partial charge in [0.05, 0.1) is 0 Å². The van der Waals surface area contributed by atoms with Gasteiger partial charge in [-0.3, -0.25) is 0 Å². The third-order valence-electron chi connectivity index (χ3n) is 1.86. The second-order valence-corrected chi connectivity index (χ2v) is 3.41. The highest BCUT2D eigenvalue weighted by atomic mass is 15.1. The van der Waals surface area contributed by atoms with Crippen molar-refractivity contribution in [3.63, 3.8) is 0 Å². The number of unbranched alkanes of at least 4 members (excludes halogenated alkanes) is 1. The maximum absolute atomic E-state index is 2.32. The van der Waals surface area contributed by atoms with Crippen LogP contribution >= 0.6 is 0 Å². The third-order valence-corrected chi connectivity index (χ3v) is 1.86. The van der Waals surface area contributed by atoms with Crippen LogP contribution in [0.1, 0.15) is 33.1 Å². The van der Waals surface area contributed by atoms with Crippen LogP contribution in [0, 0.1) is 0 Å². The smallest absolute Gasteiger partial charge is 0.0163 e. The van der Waals surface area contributed by atoms with Gasteiger partial charge in [0, 0.05) is 6.54 Å². The van der Waals surface area contributed by atoms with E-state index in [1.54, 1.807) is 0 Å². The van der Waals surface area contributed by atoms with E-state index in [4.69, 9.17) is 0 Å². The minimum Gasteiger partial charge on any atom is -0.303 e. The molecule has 0 aliphatic heterocycles. The molecule has 0 aliphatic carbocycles. The summed E-state index contributed by atoms with van der Waals surface area (Å²) in [6.07, 6.45) is 12.4. The number of hydrogen-bond donors (Lipinski definition) is 0. The first-order valence-electron chi connectivity index (χ1n) is 5.31. The lowest BCUT2D eigenvalue weighted by molar-refractivity contribution is 0.371. The lowest BCUT2D eigenvalue weighted by Gasteiger charge is -2.11. The van der Waals surface area contributed by atoms with Crippen LogP contribution < -0.4 is 0 Å². The van der Waals surface area contributed by atoms with E-state index in [1.807, 2.05) is 0 Å². The minimum atomic E-state index is 1.06. The summed E-state index contributed by atoms with van der Waals surface area (Å²) in [6.45, 7) is 6.65. The minimum absolute atomic E-state index is 1.06. The second-order valence-electron chi connectivity index (χ2n) is 3.41. The van der Waals surface area contributed by atoms with Crippen LogP contribution in [0.25, 0.3) is 0 Å². The van der Waals surface area contributed by atoms with Crippen molar-refractivity contribution in [2.75, 3.05) is 20.1 Å². The summed E-state index contributed by atoms with van der Waals surface area (Å²) in [5.41, 5.74) is 0. The number of rotatable bonds is 7. The highest BCUT2D eigenvalue weighted by molar-refractivity contribution is 5.02. The van der Waals surface area contributed by atoms with Gasteiger partial charge in [0.15, 0.2) is 0 Å². The second kappa shape index (κ2) is 9.53. The average Bonchev–Trinajstić information content (AvgIpc) is 2.11. The van der Waals surface area contributed by atoms with E-state index in [0.29, 0.717) is 0 Å². The van der Waals surface area contributed by atoms with Crippen molar-refractivity contribution in [3.05, 3.63) is 24.3 Å². The molecule has 1 nitrogen and oxygen atoms in total. The molecule has 1 heteroatoms. The van der Waals surface area contributed by atoms with Gasteiger partial charge in [-0.2, -0.15) is 0 Å². The molecule has 0 fully saturated rings. The first kappa shape index (κ1) is 12.4. The Morgan fingerprint density at radius 2 is 1.69 bits per heavy atom. The SMILES string of the molecule is CCCC=CC=CCN(C)CCC. The Balaban J connectivity index is 3.39. The van der Waals surface area contributed by atoms with E-state index in [1.165, 1.54) is 25.8 Å². The van der Waals surface area contributed by atoms with Crippen molar-refractivity contribution >= 4 is 0 Å². The molecule has 0 atom stereocenters. The van der Waals surface area contributed by atoms with E-state index in [2.05, 4.69) is 50.1 Å². The molecule has 0 aromatic carbocycles. The molecule has 0 saturated heterocycles. The fraction of sp³-hybridized carbons (Fsp3) is 0.667. The van der Waals surface area contributed by atoms with Crippen molar-refractivity contribution in [1.82, 2.24) is 4.90 Å².